The van der Waals surface area contributed by atoms with Crippen LogP contribution >= 0.6 is 0 Å². The largest absolute Gasteiger partial charge is 0.464 e. The van der Waals surface area contributed by atoms with E-state index in [2.05, 4.69) is 4.74 Å². The summed E-state index contributed by atoms with van der Waals surface area (Å²) in [6, 6.07) is 5.52. The molecule has 1 aromatic rings. The first-order valence-electron chi connectivity index (χ1n) is 5.29. The molecule has 0 heterocycles. The number of rotatable bonds is 5. The van der Waals surface area contributed by atoms with E-state index in [1.54, 1.807) is 0 Å². The number of aliphatic hydroxyl groups excluding tert-OH is 1. The minimum absolute atomic E-state index is 0.0126. The third-order valence-electron chi connectivity index (χ3n) is 2.38. The highest BCUT2D eigenvalue weighted by Gasteiger charge is 2.42. The number of aliphatic hydroxyl groups is 3. The van der Waals surface area contributed by atoms with Gasteiger partial charge in [0.25, 0.3) is 0 Å². The Hall–Kier alpha value is -1.76. The van der Waals surface area contributed by atoms with E-state index in [1.165, 1.54) is 31.2 Å². The van der Waals surface area contributed by atoms with Crippen LogP contribution in [0.3, 0.4) is 0 Å². The molecule has 0 spiro atoms. The highest BCUT2D eigenvalue weighted by molar-refractivity contribution is 5.80. The molecular weight excluding hydrogens is 240 g/mol. The van der Waals surface area contributed by atoms with Gasteiger partial charge in [0.2, 0.25) is 11.9 Å². The fourth-order valence-corrected chi connectivity index (χ4v) is 1.47. The Morgan fingerprint density at radius 2 is 2.06 bits per heavy atom. The maximum Gasteiger partial charge on any atom is 0.341 e. The van der Waals surface area contributed by atoms with Crippen molar-refractivity contribution >= 4 is 12.3 Å². The van der Waals surface area contributed by atoms with Crippen LogP contribution in [0.5, 0.6) is 0 Å². The van der Waals surface area contributed by atoms with Crippen molar-refractivity contribution < 1.29 is 29.6 Å². The highest BCUT2D eigenvalue weighted by Crippen LogP contribution is 2.25. The van der Waals surface area contributed by atoms with E-state index < -0.39 is 17.9 Å². The Morgan fingerprint density at radius 1 is 1.44 bits per heavy atom. The molecule has 0 amide bonds. The standard InChI is InChI=1S/C12H14O6/c1-2-18-11(15)10(14)12(16,17)9-6-4-3-5-8(9)7-13/h3-7,10,14,16-17H,2H2,1H3. The molecule has 0 aromatic heterocycles. The summed E-state index contributed by atoms with van der Waals surface area (Å²) in [4.78, 5) is 22.1. The first-order chi connectivity index (χ1) is 8.45. The second kappa shape index (κ2) is 5.72. The molecule has 0 bridgehead atoms. The van der Waals surface area contributed by atoms with Crippen LogP contribution < -0.4 is 0 Å². The monoisotopic (exact) mass is 254 g/mol. The Balaban J connectivity index is 3.11. The van der Waals surface area contributed by atoms with Crippen LogP contribution in [0.15, 0.2) is 24.3 Å². The Bertz CT molecular complexity index is 440. The highest BCUT2D eigenvalue weighted by atomic mass is 16.6. The topological polar surface area (TPSA) is 104 Å². The molecule has 0 saturated heterocycles. The number of carbonyl (C=O) groups is 2. The molecule has 6 heteroatoms. The summed E-state index contributed by atoms with van der Waals surface area (Å²) in [5.74, 6) is -4.06. The van der Waals surface area contributed by atoms with Crippen molar-refractivity contribution in [3.05, 3.63) is 35.4 Å². The van der Waals surface area contributed by atoms with E-state index in [0.29, 0.717) is 6.29 Å². The quantitative estimate of drug-likeness (QED) is 0.374. The minimum Gasteiger partial charge on any atom is -0.464 e. The van der Waals surface area contributed by atoms with Crippen molar-refractivity contribution in [2.75, 3.05) is 6.61 Å². The molecule has 1 aromatic carbocycles. The van der Waals surface area contributed by atoms with Gasteiger partial charge in [0.05, 0.1) is 6.61 Å². The van der Waals surface area contributed by atoms with Crippen LogP contribution in [-0.2, 0) is 15.3 Å². The number of hydrogen-bond donors (Lipinski definition) is 3. The van der Waals surface area contributed by atoms with E-state index in [9.17, 15) is 24.9 Å². The van der Waals surface area contributed by atoms with Crippen molar-refractivity contribution in [3.8, 4) is 0 Å². The average Bonchev–Trinajstić information content (AvgIpc) is 2.38. The van der Waals surface area contributed by atoms with Crippen LogP contribution in [0.4, 0.5) is 0 Å². The summed E-state index contributed by atoms with van der Waals surface area (Å²) in [5.41, 5.74) is -0.300. The van der Waals surface area contributed by atoms with Gasteiger partial charge in [-0.25, -0.2) is 4.79 Å². The van der Waals surface area contributed by atoms with Crippen molar-refractivity contribution in [1.29, 1.82) is 0 Å². The van der Waals surface area contributed by atoms with Gasteiger partial charge in [-0.15, -0.1) is 0 Å². The fraction of sp³-hybridized carbons (Fsp3) is 0.333. The number of ether oxygens (including phenoxy) is 1. The van der Waals surface area contributed by atoms with Crippen LogP contribution in [0.2, 0.25) is 0 Å². The summed E-state index contributed by atoms with van der Waals surface area (Å²) < 4.78 is 4.49. The van der Waals surface area contributed by atoms with E-state index in [4.69, 9.17) is 0 Å². The number of aldehydes is 1. The molecule has 0 saturated carbocycles. The molecule has 1 atom stereocenters. The summed E-state index contributed by atoms with van der Waals surface area (Å²) in [5, 5.41) is 29.2. The lowest BCUT2D eigenvalue weighted by Crippen LogP contribution is -2.46. The summed E-state index contributed by atoms with van der Waals surface area (Å²) in [6.07, 6.45) is -1.80. The molecule has 0 fully saturated rings. The molecule has 18 heavy (non-hydrogen) atoms. The van der Waals surface area contributed by atoms with Crippen LogP contribution in [-0.4, -0.2) is 40.3 Å². The van der Waals surface area contributed by atoms with Crippen molar-refractivity contribution in [2.45, 2.75) is 18.8 Å². The fourth-order valence-electron chi connectivity index (χ4n) is 1.47. The zero-order chi connectivity index (χ0) is 13.8. The average molecular weight is 254 g/mol. The molecule has 1 rings (SSSR count). The molecule has 3 N–H and O–H groups in total. The molecular formula is C12H14O6. The van der Waals surface area contributed by atoms with Gasteiger partial charge in [-0.05, 0) is 6.92 Å². The number of benzene rings is 1. The second-order valence-electron chi connectivity index (χ2n) is 3.59. The van der Waals surface area contributed by atoms with E-state index >= 15 is 0 Å². The summed E-state index contributed by atoms with van der Waals surface area (Å²) >= 11 is 0. The van der Waals surface area contributed by atoms with Crippen LogP contribution in [0.25, 0.3) is 0 Å². The Kier molecular flexibility index (Phi) is 4.55. The predicted molar refractivity (Wildman–Crippen MR) is 60.6 cm³/mol. The summed E-state index contributed by atoms with van der Waals surface area (Å²) in [7, 11) is 0. The van der Waals surface area contributed by atoms with Gasteiger partial charge in [0, 0.05) is 11.1 Å². The molecule has 0 aliphatic carbocycles. The molecule has 0 aliphatic heterocycles. The van der Waals surface area contributed by atoms with Crippen molar-refractivity contribution in [1.82, 2.24) is 0 Å². The van der Waals surface area contributed by atoms with Crippen molar-refractivity contribution in [2.24, 2.45) is 0 Å². The van der Waals surface area contributed by atoms with Crippen molar-refractivity contribution in [3.63, 3.8) is 0 Å². The summed E-state index contributed by atoms with van der Waals surface area (Å²) in [6.45, 7) is 1.50. The van der Waals surface area contributed by atoms with Gasteiger partial charge in [0.15, 0.2) is 6.29 Å². The Morgan fingerprint density at radius 3 is 2.61 bits per heavy atom. The number of hydrogen-bond acceptors (Lipinski definition) is 6. The zero-order valence-electron chi connectivity index (χ0n) is 9.74. The maximum atomic E-state index is 11.3. The smallest absolute Gasteiger partial charge is 0.341 e. The SMILES string of the molecule is CCOC(=O)C(O)C(O)(O)c1ccccc1C=O. The van der Waals surface area contributed by atoms with Gasteiger partial charge in [-0.1, -0.05) is 24.3 Å². The van der Waals surface area contributed by atoms with Gasteiger partial charge >= 0.3 is 5.97 Å². The Labute approximate surface area is 103 Å². The van der Waals surface area contributed by atoms with E-state index in [-0.39, 0.29) is 17.7 Å². The van der Waals surface area contributed by atoms with Gasteiger partial charge in [-0.3, -0.25) is 4.79 Å². The lowest BCUT2D eigenvalue weighted by Gasteiger charge is -2.27. The van der Waals surface area contributed by atoms with Gasteiger partial charge in [0.1, 0.15) is 0 Å². The lowest BCUT2D eigenvalue weighted by molar-refractivity contribution is -0.240. The number of esters is 1. The third-order valence-corrected chi connectivity index (χ3v) is 2.38. The van der Waals surface area contributed by atoms with Gasteiger partial charge < -0.3 is 20.1 Å². The van der Waals surface area contributed by atoms with E-state index in [1.807, 2.05) is 0 Å². The molecule has 0 aliphatic rings. The maximum absolute atomic E-state index is 11.3. The molecule has 6 nitrogen and oxygen atoms in total. The third kappa shape index (κ3) is 2.73. The van der Waals surface area contributed by atoms with E-state index in [0.717, 1.165) is 0 Å². The van der Waals surface area contributed by atoms with Crippen LogP contribution in [0.1, 0.15) is 22.8 Å². The zero-order valence-corrected chi connectivity index (χ0v) is 9.74. The molecule has 1 unspecified atom stereocenters. The second-order valence-corrected chi connectivity index (χ2v) is 3.59. The lowest BCUT2D eigenvalue weighted by atomic mass is 9.95. The van der Waals surface area contributed by atoms with Gasteiger partial charge in [-0.2, -0.15) is 0 Å². The van der Waals surface area contributed by atoms with Crippen LogP contribution in [0, 0.1) is 0 Å². The first-order valence-corrected chi connectivity index (χ1v) is 5.29. The minimum atomic E-state index is -2.89. The molecule has 98 valence electrons. The first kappa shape index (κ1) is 14.3. The molecule has 0 radical (unpaired) electrons. The predicted octanol–water partition coefficient (Wildman–Crippen LogP) is -0.440. The number of carbonyl (C=O) groups excluding carboxylic acids is 2. The normalized spacial score (nSPS) is 12.9.